The minimum atomic E-state index is -3.12. The maximum atomic E-state index is 11.7. The first-order chi connectivity index (χ1) is 13.9. The second kappa shape index (κ2) is 13.5. The highest BCUT2D eigenvalue weighted by Gasteiger charge is 2.25. The van der Waals surface area contributed by atoms with Gasteiger partial charge in [-0.15, -0.1) is 24.0 Å². The van der Waals surface area contributed by atoms with Crippen molar-refractivity contribution in [3.05, 3.63) is 35.9 Å². The van der Waals surface area contributed by atoms with Gasteiger partial charge in [0, 0.05) is 58.9 Å². The van der Waals surface area contributed by atoms with Gasteiger partial charge in [0.05, 0.1) is 6.26 Å². The van der Waals surface area contributed by atoms with Crippen molar-refractivity contribution in [3.8, 4) is 0 Å². The first-order valence-electron chi connectivity index (χ1n) is 10.6. The van der Waals surface area contributed by atoms with Gasteiger partial charge >= 0.3 is 0 Å². The molecular weight excluding hydrogens is 513 g/mol. The summed E-state index contributed by atoms with van der Waals surface area (Å²) in [6.45, 7) is 9.75. The summed E-state index contributed by atoms with van der Waals surface area (Å²) in [6.07, 6.45) is 3.12. The van der Waals surface area contributed by atoms with Crippen LogP contribution in [0.2, 0.25) is 0 Å². The summed E-state index contributed by atoms with van der Waals surface area (Å²) >= 11 is 0. The molecule has 1 heterocycles. The molecule has 172 valence electrons. The zero-order chi connectivity index (χ0) is 21.3. The van der Waals surface area contributed by atoms with Crippen LogP contribution in [0.5, 0.6) is 0 Å². The quantitative estimate of drug-likeness (QED) is 0.221. The Morgan fingerprint density at radius 3 is 2.30 bits per heavy atom. The molecule has 0 spiro atoms. The fourth-order valence-electron chi connectivity index (χ4n) is 3.97. The number of sulfonamides is 1. The molecule has 0 bridgehead atoms. The molecule has 1 saturated heterocycles. The number of piperazine rings is 1. The van der Waals surface area contributed by atoms with E-state index in [0.717, 1.165) is 45.0 Å². The zero-order valence-corrected chi connectivity index (χ0v) is 21.9. The van der Waals surface area contributed by atoms with Crippen LogP contribution in [0.25, 0.3) is 0 Å². The third-order valence-electron chi connectivity index (χ3n) is 5.53. The molecule has 0 radical (unpaired) electrons. The molecule has 9 heteroatoms. The summed E-state index contributed by atoms with van der Waals surface area (Å²) < 4.78 is 24.9. The van der Waals surface area contributed by atoms with Crippen LogP contribution >= 0.6 is 24.0 Å². The highest BCUT2D eigenvalue weighted by Crippen LogP contribution is 2.25. The molecule has 1 unspecified atom stereocenters. The Bertz CT molecular complexity index is 737. The number of nitrogens with one attached hydrogen (secondary N) is 1. The van der Waals surface area contributed by atoms with E-state index in [9.17, 15) is 8.42 Å². The summed E-state index contributed by atoms with van der Waals surface area (Å²) in [7, 11) is -1.31. The number of hydrogen-bond acceptors (Lipinski definition) is 4. The lowest BCUT2D eigenvalue weighted by Crippen LogP contribution is -2.53. The van der Waals surface area contributed by atoms with Crippen LogP contribution in [-0.2, 0) is 10.0 Å². The molecule has 30 heavy (non-hydrogen) atoms. The number of aliphatic imine (C=N–C) groups is 1. The topological polar surface area (TPSA) is 68.2 Å². The van der Waals surface area contributed by atoms with Gasteiger partial charge in [0.2, 0.25) is 10.0 Å². The minimum Gasteiger partial charge on any atom is -0.356 e. The van der Waals surface area contributed by atoms with Crippen LogP contribution in [-0.4, -0.2) is 87.6 Å². The van der Waals surface area contributed by atoms with Crippen LogP contribution < -0.4 is 5.32 Å². The van der Waals surface area contributed by atoms with E-state index in [2.05, 4.69) is 57.4 Å². The van der Waals surface area contributed by atoms with Gasteiger partial charge in [0.25, 0.3) is 0 Å². The van der Waals surface area contributed by atoms with E-state index in [1.165, 1.54) is 16.1 Å². The molecule has 1 aliphatic rings. The molecule has 1 fully saturated rings. The van der Waals surface area contributed by atoms with E-state index < -0.39 is 10.0 Å². The normalized spacial score (nSPS) is 17.0. The molecule has 7 nitrogen and oxygen atoms in total. The van der Waals surface area contributed by atoms with Crippen molar-refractivity contribution < 1.29 is 8.42 Å². The average Bonchev–Trinajstić information content (AvgIpc) is 2.72. The molecule has 1 aromatic rings. The fraction of sp³-hybridized carbons (Fsp3) is 0.667. The smallest absolute Gasteiger partial charge is 0.211 e. The van der Waals surface area contributed by atoms with Crippen molar-refractivity contribution >= 4 is 40.0 Å². The Balaban J connectivity index is 0.00000450. The molecule has 1 aromatic carbocycles. The molecular formula is C21H38IN5O2S. The van der Waals surface area contributed by atoms with Gasteiger partial charge in [0.1, 0.15) is 0 Å². The average molecular weight is 552 g/mol. The van der Waals surface area contributed by atoms with Gasteiger partial charge in [-0.25, -0.2) is 12.7 Å². The number of rotatable bonds is 9. The third kappa shape index (κ3) is 7.97. The van der Waals surface area contributed by atoms with Crippen molar-refractivity contribution in [1.82, 2.24) is 19.4 Å². The van der Waals surface area contributed by atoms with Crippen molar-refractivity contribution in [2.75, 3.05) is 59.1 Å². The molecule has 1 atom stereocenters. The maximum absolute atomic E-state index is 11.7. The number of hydrogen-bond donors (Lipinski definition) is 1. The second-order valence-electron chi connectivity index (χ2n) is 7.44. The first kappa shape index (κ1) is 27.1. The fourth-order valence-corrected chi connectivity index (χ4v) is 4.90. The maximum Gasteiger partial charge on any atom is 0.211 e. The molecule has 0 aromatic heterocycles. The highest BCUT2D eigenvalue weighted by atomic mass is 127. The van der Waals surface area contributed by atoms with Crippen LogP contribution in [0.1, 0.15) is 38.3 Å². The first-order valence-corrected chi connectivity index (χ1v) is 12.4. The second-order valence-corrected chi connectivity index (χ2v) is 9.42. The Morgan fingerprint density at radius 2 is 1.80 bits per heavy atom. The van der Waals surface area contributed by atoms with Crippen LogP contribution in [0.4, 0.5) is 0 Å². The number of benzene rings is 1. The predicted molar refractivity (Wildman–Crippen MR) is 136 cm³/mol. The van der Waals surface area contributed by atoms with Crippen molar-refractivity contribution in [1.29, 1.82) is 0 Å². The molecule has 1 N–H and O–H groups in total. The van der Waals surface area contributed by atoms with E-state index in [-0.39, 0.29) is 24.0 Å². The summed E-state index contributed by atoms with van der Waals surface area (Å²) in [5, 5.41) is 3.40. The Hall–Kier alpha value is -0.910. The minimum absolute atomic E-state index is 0. The molecule has 0 saturated carbocycles. The molecule has 0 amide bonds. The van der Waals surface area contributed by atoms with Gasteiger partial charge in [0.15, 0.2) is 5.96 Å². The summed E-state index contributed by atoms with van der Waals surface area (Å²) in [5.41, 5.74) is 1.39. The van der Waals surface area contributed by atoms with Gasteiger partial charge in [-0.2, -0.15) is 0 Å². The number of nitrogens with zero attached hydrogens (tertiary/aromatic N) is 4. The van der Waals surface area contributed by atoms with Gasteiger partial charge in [-0.3, -0.25) is 9.89 Å². The summed E-state index contributed by atoms with van der Waals surface area (Å²) in [4.78, 5) is 9.28. The van der Waals surface area contributed by atoms with Crippen molar-refractivity contribution in [2.24, 2.45) is 4.99 Å². The van der Waals surface area contributed by atoms with E-state index in [1.54, 1.807) is 0 Å². The van der Waals surface area contributed by atoms with Gasteiger partial charge < -0.3 is 10.2 Å². The lowest BCUT2D eigenvalue weighted by atomic mass is 10.0. The summed E-state index contributed by atoms with van der Waals surface area (Å²) in [6, 6.07) is 11.2. The standard InChI is InChI=1S/C21H37N5O2S.HI/c1-5-20(19-11-8-7-9-12-19)24-15-17-25(18-16-24)21(22-3)23-13-10-14-26(6-2)29(4,27)28;/h7-9,11-12,20H,5-6,10,13-18H2,1-4H3,(H,22,23);1H. The SMILES string of the molecule is CCC(c1ccccc1)N1CCN(C(=NC)NCCCN(CC)S(C)(=O)=O)CC1.I. The molecule has 2 rings (SSSR count). The summed E-state index contributed by atoms with van der Waals surface area (Å²) in [5.74, 6) is 0.903. The van der Waals surface area contributed by atoms with E-state index >= 15 is 0 Å². The number of halogens is 1. The zero-order valence-electron chi connectivity index (χ0n) is 18.7. The van der Waals surface area contributed by atoms with Crippen LogP contribution in [0.3, 0.4) is 0 Å². The molecule has 1 aliphatic heterocycles. The van der Waals surface area contributed by atoms with E-state index in [4.69, 9.17) is 0 Å². The van der Waals surface area contributed by atoms with E-state index in [0.29, 0.717) is 25.7 Å². The Labute approximate surface area is 200 Å². The largest absolute Gasteiger partial charge is 0.356 e. The number of guanidine groups is 1. The lowest BCUT2D eigenvalue weighted by molar-refractivity contribution is 0.127. The third-order valence-corrected chi connectivity index (χ3v) is 6.91. The van der Waals surface area contributed by atoms with Crippen LogP contribution in [0, 0.1) is 0 Å². The van der Waals surface area contributed by atoms with E-state index in [1.807, 2.05) is 14.0 Å². The predicted octanol–water partition coefficient (Wildman–Crippen LogP) is 2.62. The monoisotopic (exact) mass is 551 g/mol. The van der Waals surface area contributed by atoms with Crippen LogP contribution in [0.15, 0.2) is 35.3 Å². The van der Waals surface area contributed by atoms with Gasteiger partial charge in [-0.05, 0) is 18.4 Å². The Morgan fingerprint density at radius 1 is 1.17 bits per heavy atom. The Kier molecular flexibility index (Phi) is 12.2. The highest BCUT2D eigenvalue weighted by molar-refractivity contribution is 14.0. The van der Waals surface area contributed by atoms with Crippen molar-refractivity contribution in [3.63, 3.8) is 0 Å². The molecule has 0 aliphatic carbocycles. The van der Waals surface area contributed by atoms with Gasteiger partial charge in [-0.1, -0.05) is 44.2 Å². The van der Waals surface area contributed by atoms with Crippen molar-refractivity contribution in [2.45, 2.75) is 32.7 Å². The lowest BCUT2D eigenvalue weighted by Gasteiger charge is -2.40.